The standard InChI is InChI=1S/C82H157N2O7P/c1-7-10-13-16-19-22-25-28-30-32-34-36-38-40-42-44-46-48-50-52-54-56-59-62-65-68-71-74-81(85)83-79(78-90-92(87,88)89-77-76-84(4,5)6)80(73-70-67-64-61-58-27-24-21-18-15-12-9-3)91-82(86)75-72-69-66-63-60-57-55-53-51-49-47-45-43-41-39-37-35-33-31-29-26-23-20-17-14-11-8-2/h19,22,28,30,34,36,70,73,79-80H,7-18,20-21,23-27,29,31-33,35,37-69,71-72,74-78H2,1-6H3,(H-,83,85,87,88)/p+1/b22-19-,30-28-,36-34-,73-70+. The Labute approximate surface area is 573 Å². The van der Waals surface area contributed by atoms with E-state index < -0.39 is 20.0 Å². The molecular weight excluding hydrogens is 1160 g/mol. The van der Waals surface area contributed by atoms with Gasteiger partial charge in [-0.1, -0.05) is 378 Å². The van der Waals surface area contributed by atoms with Gasteiger partial charge < -0.3 is 19.4 Å². The fourth-order valence-electron chi connectivity index (χ4n) is 12.3. The number of hydrogen-bond donors (Lipinski definition) is 2. The van der Waals surface area contributed by atoms with Crippen molar-refractivity contribution >= 4 is 19.7 Å². The number of hydrogen-bond acceptors (Lipinski definition) is 6. The third kappa shape index (κ3) is 72.2. The molecule has 0 aromatic rings. The van der Waals surface area contributed by atoms with Crippen LogP contribution in [-0.2, 0) is 27.9 Å². The molecule has 0 radical (unpaired) electrons. The van der Waals surface area contributed by atoms with Crippen molar-refractivity contribution in [1.82, 2.24) is 5.32 Å². The Bertz CT molecular complexity index is 1710. The van der Waals surface area contributed by atoms with Gasteiger partial charge in [0.05, 0.1) is 33.8 Å². The number of esters is 1. The predicted molar refractivity (Wildman–Crippen MR) is 402 cm³/mol. The Morgan fingerprint density at radius 3 is 1.01 bits per heavy atom. The van der Waals surface area contributed by atoms with Crippen LogP contribution in [0, 0.1) is 0 Å². The summed E-state index contributed by atoms with van der Waals surface area (Å²) in [6, 6.07) is -0.848. The number of quaternary nitrogens is 1. The van der Waals surface area contributed by atoms with Crippen LogP contribution >= 0.6 is 7.82 Å². The van der Waals surface area contributed by atoms with Crippen LogP contribution in [0.4, 0.5) is 0 Å². The van der Waals surface area contributed by atoms with Crippen LogP contribution in [0.25, 0.3) is 0 Å². The van der Waals surface area contributed by atoms with Crippen molar-refractivity contribution in [2.24, 2.45) is 0 Å². The third-order valence-electron chi connectivity index (χ3n) is 18.5. The van der Waals surface area contributed by atoms with Gasteiger partial charge in [0, 0.05) is 12.8 Å². The first kappa shape index (κ1) is 90.0. The number of allylic oxidation sites excluding steroid dienone is 7. The molecule has 542 valence electrons. The molecule has 3 unspecified atom stereocenters. The van der Waals surface area contributed by atoms with Gasteiger partial charge in [0.1, 0.15) is 19.3 Å². The zero-order valence-corrected chi connectivity index (χ0v) is 63.2. The predicted octanol–water partition coefficient (Wildman–Crippen LogP) is 26.3. The lowest BCUT2D eigenvalue weighted by atomic mass is 10.0. The largest absolute Gasteiger partial charge is 0.472 e. The molecule has 0 aromatic carbocycles. The first-order chi connectivity index (χ1) is 44.9. The van der Waals surface area contributed by atoms with Crippen molar-refractivity contribution in [3.8, 4) is 0 Å². The number of carbonyl (C=O) groups is 2. The molecule has 92 heavy (non-hydrogen) atoms. The highest BCUT2D eigenvalue weighted by molar-refractivity contribution is 7.47. The van der Waals surface area contributed by atoms with Crippen molar-refractivity contribution in [2.75, 3.05) is 40.9 Å². The lowest BCUT2D eigenvalue weighted by molar-refractivity contribution is -0.870. The second kappa shape index (κ2) is 71.7. The number of nitrogens with zero attached hydrogens (tertiary/aromatic N) is 1. The molecular formula is C82H158N2O7P+. The number of amides is 1. The van der Waals surface area contributed by atoms with E-state index in [4.69, 9.17) is 13.8 Å². The summed E-state index contributed by atoms with van der Waals surface area (Å²) in [6.07, 6.45) is 93.0. The Morgan fingerprint density at radius 2 is 0.663 bits per heavy atom. The lowest BCUT2D eigenvalue weighted by Gasteiger charge is -2.27. The molecule has 1 amide bonds. The van der Waals surface area contributed by atoms with Gasteiger partial charge in [-0.15, -0.1) is 0 Å². The van der Waals surface area contributed by atoms with E-state index in [9.17, 15) is 19.0 Å². The molecule has 10 heteroatoms. The number of nitrogens with one attached hydrogen (secondary N) is 1. The maximum Gasteiger partial charge on any atom is 0.472 e. The van der Waals surface area contributed by atoms with Crippen LogP contribution in [0.2, 0.25) is 0 Å². The molecule has 0 aromatic heterocycles. The molecule has 0 bridgehead atoms. The molecule has 0 rings (SSSR count). The fraction of sp³-hybridized carbons (Fsp3) is 0.878. The van der Waals surface area contributed by atoms with Crippen molar-refractivity contribution in [3.05, 3.63) is 48.6 Å². The summed E-state index contributed by atoms with van der Waals surface area (Å²) in [5.74, 6) is -0.482. The topological polar surface area (TPSA) is 111 Å². The van der Waals surface area contributed by atoms with Gasteiger partial charge in [0.15, 0.2) is 0 Å². The number of carbonyl (C=O) groups excluding carboxylic acids is 2. The normalized spacial score (nSPS) is 13.6. The summed E-state index contributed by atoms with van der Waals surface area (Å²) in [6.45, 7) is 7.06. The van der Waals surface area contributed by atoms with Crippen molar-refractivity contribution < 1.29 is 37.3 Å². The van der Waals surface area contributed by atoms with E-state index >= 15 is 0 Å². The molecule has 0 heterocycles. The van der Waals surface area contributed by atoms with Crippen LogP contribution in [0.1, 0.15) is 412 Å². The van der Waals surface area contributed by atoms with E-state index in [1.807, 2.05) is 27.2 Å². The molecule has 2 N–H and O–H groups in total. The summed E-state index contributed by atoms with van der Waals surface area (Å²) < 4.78 is 30.9. The molecule has 0 spiro atoms. The van der Waals surface area contributed by atoms with Gasteiger partial charge in [-0.2, -0.15) is 0 Å². The average molecular weight is 1320 g/mol. The van der Waals surface area contributed by atoms with E-state index in [2.05, 4.69) is 68.6 Å². The van der Waals surface area contributed by atoms with Gasteiger partial charge in [0.25, 0.3) is 0 Å². The van der Waals surface area contributed by atoms with Crippen LogP contribution in [0.5, 0.6) is 0 Å². The molecule has 0 saturated carbocycles. The fourth-order valence-corrected chi connectivity index (χ4v) is 13.0. The summed E-state index contributed by atoms with van der Waals surface area (Å²) in [5, 5.41) is 3.09. The van der Waals surface area contributed by atoms with E-state index in [-0.39, 0.29) is 25.1 Å². The lowest BCUT2D eigenvalue weighted by Crippen LogP contribution is -2.47. The van der Waals surface area contributed by atoms with Crippen molar-refractivity contribution in [2.45, 2.75) is 425 Å². The quantitative estimate of drug-likeness (QED) is 0.0205. The van der Waals surface area contributed by atoms with E-state index in [0.717, 1.165) is 70.6 Å². The van der Waals surface area contributed by atoms with Crippen LogP contribution in [-0.4, -0.2) is 74.3 Å². The van der Waals surface area contributed by atoms with Gasteiger partial charge in [0.2, 0.25) is 5.91 Å². The highest BCUT2D eigenvalue weighted by Crippen LogP contribution is 2.43. The molecule has 0 aliphatic rings. The Balaban J connectivity index is 4.87. The zero-order chi connectivity index (χ0) is 67.0. The number of rotatable bonds is 75. The van der Waals surface area contributed by atoms with E-state index in [0.29, 0.717) is 23.9 Å². The molecule has 3 atom stereocenters. The minimum atomic E-state index is -4.46. The SMILES string of the molecule is CCCCC/C=C\C/C=C\C/C=C\CCCCCCCCCCCCCCCCC(=O)NC(COP(=O)(O)OCC[N+](C)(C)C)C(/C=C/CCCCCCCCCCCC)OC(=O)CCCCCCCCCCCCCCCCCCCCCCCCCCCCC. The number of unbranched alkanes of at least 4 members (excludes halogenated alkanes) is 53. The minimum Gasteiger partial charge on any atom is -0.456 e. The van der Waals surface area contributed by atoms with E-state index in [1.165, 1.54) is 308 Å². The highest BCUT2D eigenvalue weighted by atomic mass is 31.2. The van der Waals surface area contributed by atoms with Crippen molar-refractivity contribution in [1.29, 1.82) is 0 Å². The number of phosphoric ester groups is 1. The summed E-state index contributed by atoms with van der Waals surface area (Å²) in [7, 11) is 1.52. The molecule has 0 aliphatic carbocycles. The Hall–Kier alpha value is -2.03. The number of ether oxygens (including phenoxy) is 1. The molecule has 0 fully saturated rings. The van der Waals surface area contributed by atoms with E-state index in [1.54, 1.807) is 0 Å². The second-order valence-electron chi connectivity index (χ2n) is 29.0. The van der Waals surface area contributed by atoms with Gasteiger partial charge in [-0.25, -0.2) is 4.57 Å². The van der Waals surface area contributed by atoms with Crippen LogP contribution < -0.4 is 5.32 Å². The monoisotopic (exact) mass is 1310 g/mol. The second-order valence-corrected chi connectivity index (χ2v) is 30.4. The summed E-state index contributed by atoms with van der Waals surface area (Å²) in [4.78, 5) is 38.0. The first-order valence-electron chi connectivity index (χ1n) is 40.5. The summed E-state index contributed by atoms with van der Waals surface area (Å²) >= 11 is 0. The summed E-state index contributed by atoms with van der Waals surface area (Å²) in [5.41, 5.74) is 0. The van der Waals surface area contributed by atoms with Gasteiger partial charge in [-0.3, -0.25) is 18.6 Å². The Kier molecular flexibility index (Phi) is 70.2. The van der Waals surface area contributed by atoms with Gasteiger partial charge in [-0.05, 0) is 70.3 Å². The van der Waals surface area contributed by atoms with Crippen LogP contribution in [0.3, 0.4) is 0 Å². The molecule has 0 saturated heterocycles. The third-order valence-corrected chi connectivity index (χ3v) is 19.5. The van der Waals surface area contributed by atoms with Crippen molar-refractivity contribution in [3.63, 3.8) is 0 Å². The first-order valence-corrected chi connectivity index (χ1v) is 42.0. The van der Waals surface area contributed by atoms with Crippen LogP contribution in [0.15, 0.2) is 48.6 Å². The van der Waals surface area contributed by atoms with Gasteiger partial charge >= 0.3 is 13.8 Å². The number of likely N-dealkylation sites (N-methyl/N-ethyl adjacent to an activating group) is 1. The molecule has 9 nitrogen and oxygen atoms in total. The highest BCUT2D eigenvalue weighted by Gasteiger charge is 2.30. The Morgan fingerprint density at radius 1 is 0.380 bits per heavy atom. The maximum atomic E-state index is 13.7. The minimum absolute atomic E-state index is 0.0426. The molecule has 0 aliphatic heterocycles. The average Bonchev–Trinajstić information content (AvgIpc) is 3.69. The maximum absolute atomic E-state index is 13.7. The number of phosphoric acid groups is 1. The zero-order valence-electron chi connectivity index (χ0n) is 62.3. The smallest absolute Gasteiger partial charge is 0.456 e.